The molecule has 2 saturated carbocycles. The van der Waals surface area contributed by atoms with E-state index in [0.29, 0.717) is 16.1 Å². The summed E-state index contributed by atoms with van der Waals surface area (Å²) >= 11 is 0. The molecule has 0 aromatic carbocycles. The molecule has 4 fully saturated rings. The standard InChI is InChI=1S/C25H43B/c1-19(2)9-8-10-20-11-12-21-24(20,4)15-13-22-25(21,5)17-16-23(3)14-6-7-18-26(22)23/h20-22H,1,6-18H2,2-5H3. The molecule has 2 aliphatic carbocycles. The molecule has 6 atom stereocenters. The van der Waals surface area contributed by atoms with E-state index in [4.69, 9.17) is 0 Å². The molecular weight excluding hydrogens is 311 g/mol. The highest BCUT2D eigenvalue weighted by atomic mass is 14.6. The first kappa shape index (κ1) is 19.1. The zero-order valence-corrected chi connectivity index (χ0v) is 18.2. The Morgan fingerprint density at radius 2 is 1.77 bits per heavy atom. The van der Waals surface area contributed by atoms with Crippen LogP contribution in [0.3, 0.4) is 0 Å². The summed E-state index contributed by atoms with van der Waals surface area (Å²) in [5.74, 6) is 3.04. The van der Waals surface area contributed by atoms with Crippen LogP contribution in [0, 0.1) is 22.7 Å². The maximum atomic E-state index is 4.13. The molecule has 146 valence electrons. The fraction of sp³-hybridized carbons (Fsp3) is 0.920. The fourth-order valence-electron chi connectivity index (χ4n) is 8.95. The number of fused-ring (bicyclic) bond motifs is 5. The van der Waals surface area contributed by atoms with Gasteiger partial charge in [0.1, 0.15) is 6.71 Å². The van der Waals surface area contributed by atoms with Gasteiger partial charge in [-0.15, -0.1) is 6.58 Å². The molecule has 0 nitrogen and oxygen atoms in total. The van der Waals surface area contributed by atoms with Crippen LogP contribution in [0.4, 0.5) is 0 Å². The third-order valence-corrected chi connectivity index (χ3v) is 10.5. The zero-order valence-electron chi connectivity index (χ0n) is 18.2. The molecule has 0 aromatic rings. The van der Waals surface area contributed by atoms with E-state index in [9.17, 15) is 0 Å². The average molecular weight is 354 g/mol. The third kappa shape index (κ3) is 2.86. The topological polar surface area (TPSA) is 0 Å². The molecule has 0 amide bonds. The predicted octanol–water partition coefficient (Wildman–Crippen LogP) is 8.17. The SMILES string of the molecule is C=C(C)CCCC1CCC2C1(C)CCC1B3CCCCC3(C)CCC12C. The van der Waals surface area contributed by atoms with Crippen LogP contribution in [0.1, 0.15) is 105 Å². The van der Waals surface area contributed by atoms with E-state index >= 15 is 0 Å². The molecule has 1 heteroatoms. The Hall–Kier alpha value is -0.195. The van der Waals surface area contributed by atoms with Crippen LogP contribution < -0.4 is 0 Å². The molecule has 0 N–H and O–H groups in total. The molecule has 6 unspecified atom stereocenters. The highest BCUT2D eigenvalue weighted by molar-refractivity contribution is 6.64. The zero-order chi connectivity index (χ0) is 18.6. The maximum absolute atomic E-state index is 4.13. The van der Waals surface area contributed by atoms with Gasteiger partial charge in [-0.2, -0.15) is 0 Å². The van der Waals surface area contributed by atoms with E-state index < -0.39 is 0 Å². The summed E-state index contributed by atoms with van der Waals surface area (Å²) in [6.45, 7) is 15.5. The minimum atomic E-state index is 0.642. The normalized spacial score (nSPS) is 47.8. The van der Waals surface area contributed by atoms with Crippen molar-refractivity contribution in [3.8, 4) is 0 Å². The first-order valence-corrected chi connectivity index (χ1v) is 11.9. The number of hydrogen-bond acceptors (Lipinski definition) is 0. The summed E-state index contributed by atoms with van der Waals surface area (Å²) < 4.78 is 0. The van der Waals surface area contributed by atoms with Crippen molar-refractivity contribution in [1.29, 1.82) is 0 Å². The molecule has 4 rings (SSSR count). The Bertz CT molecular complexity index is 552. The molecule has 2 aliphatic heterocycles. The van der Waals surface area contributed by atoms with Crippen molar-refractivity contribution >= 4 is 6.71 Å². The average Bonchev–Trinajstić information content (AvgIpc) is 2.92. The first-order valence-electron chi connectivity index (χ1n) is 11.9. The Morgan fingerprint density at radius 3 is 2.54 bits per heavy atom. The van der Waals surface area contributed by atoms with Gasteiger partial charge in [0.05, 0.1) is 0 Å². The van der Waals surface area contributed by atoms with Crippen LogP contribution >= 0.6 is 0 Å². The van der Waals surface area contributed by atoms with Gasteiger partial charge in [-0.3, -0.25) is 0 Å². The summed E-state index contributed by atoms with van der Waals surface area (Å²) in [6, 6.07) is 0. The van der Waals surface area contributed by atoms with Crippen LogP contribution in [-0.4, -0.2) is 6.71 Å². The molecule has 0 spiro atoms. The highest BCUT2D eigenvalue weighted by Crippen LogP contribution is 2.73. The second-order valence-corrected chi connectivity index (χ2v) is 11.8. The van der Waals surface area contributed by atoms with Crippen LogP contribution in [0.5, 0.6) is 0 Å². The number of rotatable bonds is 4. The maximum Gasteiger partial charge on any atom is 0.150 e. The molecular formula is C25H43B. The van der Waals surface area contributed by atoms with Crippen molar-refractivity contribution in [1.82, 2.24) is 0 Å². The molecule has 0 radical (unpaired) electrons. The molecule has 2 saturated heterocycles. The smallest absolute Gasteiger partial charge is 0.100 e. The largest absolute Gasteiger partial charge is 0.150 e. The Labute approximate surface area is 164 Å². The molecule has 0 bridgehead atoms. The van der Waals surface area contributed by atoms with Crippen LogP contribution in [0.15, 0.2) is 12.2 Å². The molecule has 2 heterocycles. The lowest BCUT2D eigenvalue weighted by molar-refractivity contribution is -0.0292. The van der Waals surface area contributed by atoms with Gasteiger partial charge in [0.25, 0.3) is 0 Å². The lowest BCUT2D eigenvalue weighted by Crippen LogP contribution is -2.56. The number of hydrogen-bond donors (Lipinski definition) is 0. The van der Waals surface area contributed by atoms with Gasteiger partial charge in [0.2, 0.25) is 0 Å². The third-order valence-electron chi connectivity index (χ3n) is 10.5. The van der Waals surface area contributed by atoms with Crippen molar-refractivity contribution in [2.24, 2.45) is 22.7 Å². The van der Waals surface area contributed by atoms with Gasteiger partial charge >= 0.3 is 0 Å². The predicted molar refractivity (Wildman–Crippen MR) is 116 cm³/mol. The van der Waals surface area contributed by atoms with Crippen molar-refractivity contribution in [3.63, 3.8) is 0 Å². The van der Waals surface area contributed by atoms with Gasteiger partial charge in [0, 0.05) is 0 Å². The Kier molecular flexibility index (Phi) is 4.93. The summed E-state index contributed by atoms with van der Waals surface area (Å²) in [6.07, 6.45) is 19.3. The Balaban J connectivity index is 1.53. The van der Waals surface area contributed by atoms with E-state index in [0.717, 1.165) is 24.4 Å². The van der Waals surface area contributed by atoms with Gasteiger partial charge in [-0.25, -0.2) is 0 Å². The minimum Gasteiger partial charge on any atom is -0.100 e. The summed E-state index contributed by atoms with van der Waals surface area (Å²) in [5.41, 5.74) is 2.67. The van der Waals surface area contributed by atoms with E-state index in [2.05, 4.69) is 34.3 Å². The molecule has 4 aliphatic rings. The quantitative estimate of drug-likeness (QED) is 0.353. The van der Waals surface area contributed by atoms with E-state index in [1.165, 1.54) is 76.2 Å². The van der Waals surface area contributed by atoms with Gasteiger partial charge < -0.3 is 0 Å². The van der Waals surface area contributed by atoms with Crippen LogP contribution in [0.2, 0.25) is 17.5 Å². The lowest BCUT2D eigenvalue weighted by atomic mass is 9.15. The van der Waals surface area contributed by atoms with Crippen molar-refractivity contribution < 1.29 is 0 Å². The summed E-state index contributed by atoms with van der Waals surface area (Å²) in [7, 11) is 0. The minimum absolute atomic E-state index is 0.642. The fourth-order valence-corrected chi connectivity index (χ4v) is 8.95. The number of allylic oxidation sites excluding steroid dienone is 1. The lowest BCUT2D eigenvalue weighted by Gasteiger charge is -2.63. The molecule has 26 heavy (non-hydrogen) atoms. The second kappa shape index (κ2) is 6.70. The van der Waals surface area contributed by atoms with Crippen LogP contribution in [-0.2, 0) is 0 Å². The first-order chi connectivity index (χ1) is 12.3. The van der Waals surface area contributed by atoms with E-state index in [1.807, 2.05) is 0 Å². The van der Waals surface area contributed by atoms with Gasteiger partial charge in [0.15, 0.2) is 0 Å². The summed E-state index contributed by atoms with van der Waals surface area (Å²) in [4.78, 5) is 0. The molecule has 0 aromatic heterocycles. The van der Waals surface area contributed by atoms with Crippen molar-refractivity contribution in [2.75, 3.05) is 0 Å². The second-order valence-electron chi connectivity index (χ2n) is 11.8. The van der Waals surface area contributed by atoms with E-state index in [1.54, 1.807) is 12.7 Å². The Morgan fingerprint density at radius 1 is 0.962 bits per heavy atom. The highest BCUT2D eigenvalue weighted by Gasteiger charge is 2.63. The van der Waals surface area contributed by atoms with E-state index in [-0.39, 0.29) is 0 Å². The van der Waals surface area contributed by atoms with Gasteiger partial charge in [-0.1, -0.05) is 75.9 Å². The van der Waals surface area contributed by atoms with Gasteiger partial charge in [-0.05, 0) is 74.5 Å². The van der Waals surface area contributed by atoms with Crippen molar-refractivity contribution in [2.45, 2.75) is 122 Å². The van der Waals surface area contributed by atoms with Crippen molar-refractivity contribution in [3.05, 3.63) is 12.2 Å². The van der Waals surface area contributed by atoms with Crippen LogP contribution in [0.25, 0.3) is 0 Å². The summed E-state index contributed by atoms with van der Waals surface area (Å²) in [5, 5.41) is 0.690. The monoisotopic (exact) mass is 354 g/mol.